The number of halogens is 1. The first kappa shape index (κ1) is 13.2. The van der Waals surface area contributed by atoms with Gasteiger partial charge in [0.1, 0.15) is 5.15 Å². The Labute approximate surface area is 104 Å². The molecule has 0 fully saturated rings. The molecule has 0 amide bonds. The van der Waals surface area contributed by atoms with E-state index in [-0.39, 0.29) is 0 Å². The third-order valence-corrected chi connectivity index (χ3v) is 2.14. The lowest BCUT2D eigenvalue weighted by atomic mass is 10.1. The zero-order valence-corrected chi connectivity index (χ0v) is 9.85. The Morgan fingerprint density at radius 2 is 2.41 bits per heavy atom. The van der Waals surface area contributed by atoms with Crippen LogP contribution in [0.2, 0.25) is 5.15 Å². The van der Waals surface area contributed by atoms with Crippen LogP contribution in [0.15, 0.2) is 42.9 Å². The van der Waals surface area contributed by atoms with Crippen molar-refractivity contribution in [3.63, 3.8) is 0 Å². The Morgan fingerprint density at radius 1 is 1.65 bits per heavy atom. The van der Waals surface area contributed by atoms with Gasteiger partial charge in [0, 0.05) is 19.2 Å². The molecule has 0 aromatic carbocycles. The number of aromatic nitrogens is 1. The van der Waals surface area contributed by atoms with Crippen LogP contribution in [0.25, 0.3) is 0 Å². The fourth-order valence-corrected chi connectivity index (χ4v) is 1.33. The van der Waals surface area contributed by atoms with E-state index in [0.717, 1.165) is 11.8 Å². The molecule has 0 aliphatic heterocycles. The standard InChI is InChI=1S/C11H12ClN3O2/c1-2-5-13-10(8-15(16)17)6-9-3-4-11(12)14-7-9/h2-4,7-8,13H,1,5-6H2/b10-8+. The number of rotatable bonds is 6. The highest BCUT2D eigenvalue weighted by Gasteiger charge is 2.04. The fraction of sp³-hybridized carbons (Fsp3) is 0.182. The van der Waals surface area contributed by atoms with Gasteiger partial charge in [-0.15, -0.1) is 6.58 Å². The van der Waals surface area contributed by atoms with Gasteiger partial charge in [0.05, 0.1) is 10.6 Å². The Kier molecular flexibility index (Phi) is 5.16. The summed E-state index contributed by atoms with van der Waals surface area (Å²) >= 11 is 5.65. The summed E-state index contributed by atoms with van der Waals surface area (Å²) in [6.45, 7) is 4.01. The van der Waals surface area contributed by atoms with Crippen LogP contribution >= 0.6 is 11.6 Å². The third kappa shape index (κ3) is 5.12. The van der Waals surface area contributed by atoms with E-state index in [1.165, 1.54) is 0 Å². The predicted molar refractivity (Wildman–Crippen MR) is 66.2 cm³/mol. The van der Waals surface area contributed by atoms with Crippen LogP contribution in [-0.2, 0) is 6.42 Å². The van der Waals surface area contributed by atoms with Crippen molar-refractivity contribution < 1.29 is 4.92 Å². The number of hydrogen-bond acceptors (Lipinski definition) is 4. The predicted octanol–water partition coefficient (Wildman–Crippen LogP) is 2.17. The van der Waals surface area contributed by atoms with Crippen molar-refractivity contribution in [3.05, 3.63) is 63.7 Å². The van der Waals surface area contributed by atoms with Crippen LogP contribution in [0.4, 0.5) is 0 Å². The molecule has 5 nitrogen and oxygen atoms in total. The summed E-state index contributed by atoms with van der Waals surface area (Å²) in [5.41, 5.74) is 1.35. The average Bonchev–Trinajstić information content (AvgIpc) is 2.28. The molecule has 0 spiro atoms. The van der Waals surface area contributed by atoms with E-state index in [2.05, 4.69) is 16.9 Å². The molecule has 1 heterocycles. The molecule has 0 radical (unpaired) electrons. The molecule has 0 saturated carbocycles. The molecule has 0 unspecified atom stereocenters. The first-order valence-corrected chi connectivity index (χ1v) is 5.29. The van der Waals surface area contributed by atoms with Crippen molar-refractivity contribution in [1.29, 1.82) is 0 Å². The first-order valence-electron chi connectivity index (χ1n) is 4.91. The molecule has 17 heavy (non-hydrogen) atoms. The first-order chi connectivity index (χ1) is 8.11. The zero-order chi connectivity index (χ0) is 12.7. The quantitative estimate of drug-likeness (QED) is 0.365. The number of nitrogens with one attached hydrogen (secondary N) is 1. The van der Waals surface area contributed by atoms with Gasteiger partial charge < -0.3 is 5.32 Å². The van der Waals surface area contributed by atoms with Crippen LogP contribution in [-0.4, -0.2) is 16.5 Å². The third-order valence-electron chi connectivity index (χ3n) is 1.92. The second-order valence-corrected chi connectivity index (χ2v) is 3.66. The van der Waals surface area contributed by atoms with Gasteiger partial charge in [-0.25, -0.2) is 4.98 Å². The Bertz CT molecular complexity index is 429. The molecule has 1 N–H and O–H groups in total. The largest absolute Gasteiger partial charge is 0.380 e. The van der Waals surface area contributed by atoms with Gasteiger partial charge in [-0.2, -0.15) is 0 Å². The smallest absolute Gasteiger partial charge is 0.253 e. The lowest BCUT2D eigenvalue weighted by molar-refractivity contribution is -0.403. The maximum Gasteiger partial charge on any atom is 0.253 e. The monoisotopic (exact) mass is 253 g/mol. The summed E-state index contributed by atoms with van der Waals surface area (Å²) in [6, 6.07) is 3.42. The summed E-state index contributed by atoms with van der Waals surface area (Å²) in [7, 11) is 0. The number of nitrogens with zero attached hydrogens (tertiary/aromatic N) is 2. The molecule has 0 aliphatic carbocycles. The minimum Gasteiger partial charge on any atom is -0.380 e. The maximum atomic E-state index is 10.4. The highest BCUT2D eigenvalue weighted by Crippen LogP contribution is 2.09. The Morgan fingerprint density at radius 3 is 2.94 bits per heavy atom. The summed E-state index contributed by atoms with van der Waals surface area (Å²) < 4.78 is 0. The fourth-order valence-electron chi connectivity index (χ4n) is 1.22. The summed E-state index contributed by atoms with van der Waals surface area (Å²) in [4.78, 5) is 13.9. The SMILES string of the molecule is C=CCN/C(=C/[N+](=O)[O-])Cc1ccc(Cl)nc1. The molecule has 0 aliphatic rings. The van der Waals surface area contributed by atoms with E-state index >= 15 is 0 Å². The summed E-state index contributed by atoms with van der Waals surface area (Å²) in [5, 5.41) is 13.7. The van der Waals surface area contributed by atoms with Crippen molar-refractivity contribution in [3.8, 4) is 0 Å². The molecule has 0 atom stereocenters. The highest BCUT2D eigenvalue weighted by atomic mass is 35.5. The van der Waals surface area contributed by atoms with E-state index < -0.39 is 4.92 Å². The number of allylic oxidation sites excluding steroid dienone is 1. The highest BCUT2D eigenvalue weighted by molar-refractivity contribution is 6.29. The lowest BCUT2D eigenvalue weighted by Gasteiger charge is -2.06. The average molecular weight is 254 g/mol. The van der Waals surface area contributed by atoms with E-state index in [0.29, 0.717) is 23.8 Å². The summed E-state index contributed by atoms with van der Waals surface area (Å²) in [6.07, 6.45) is 4.57. The molecular formula is C11H12ClN3O2. The van der Waals surface area contributed by atoms with Crippen LogP contribution in [0, 0.1) is 10.1 Å². The second kappa shape index (κ2) is 6.65. The molecule has 1 aromatic rings. The zero-order valence-electron chi connectivity index (χ0n) is 9.10. The van der Waals surface area contributed by atoms with Crippen molar-refractivity contribution >= 4 is 11.6 Å². The minimum absolute atomic E-state index is 0.396. The molecular weight excluding hydrogens is 242 g/mol. The van der Waals surface area contributed by atoms with E-state index in [1.807, 2.05) is 0 Å². The van der Waals surface area contributed by atoms with Crippen molar-refractivity contribution in [2.45, 2.75) is 6.42 Å². The van der Waals surface area contributed by atoms with Gasteiger partial charge in [0.25, 0.3) is 6.20 Å². The van der Waals surface area contributed by atoms with Crippen molar-refractivity contribution in [2.24, 2.45) is 0 Å². The van der Waals surface area contributed by atoms with E-state index in [1.54, 1.807) is 24.4 Å². The maximum absolute atomic E-state index is 10.4. The lowest BCUT2D eigenvalue weighted by Crippen LogP contribution is -2.16. The molecule has 6 heteroatoms. The van der Waals surface area contributed by atoms with E-state index in [9.17, 15) is 10.1 Å². The topological polar surface area (TPSA) is 68.1 Å². The van der Waals surface area contributed by atoms with Crippen molar-refractivity contribution in [1.82, 2.24) is 10.3 Å². The molecule has 0 saturated heterocycles. The van der Waals surface area contributed by atoms with Gasteiger partial charge in [-0.1, -0.05) is 23.7 Å². The van der Waals surface area contributed by atoms with Crippen LogP contribution in [0.5, 0.6) is 0 Å². The minimum atomic E-state index is -0.491. The molecule has 1 aromatic heterocycles. The molecule has 1 rings (SSSR count). The van der Waals surface area contributed by atoms with Crippen LogP contribution < -0.4 is 5.32 Å². The number of nitro groups is 1. The van der Waals surface area contributed by atoms with Gasteiger partial charge in [-0.3, -0.25) is 10.1 Å². The normalized spacial score (nSPS) is 11.0. The number of pyridine rings is 1. The number of hydrogen-bond donors (Lipinski definition) is 1. The Balaban J connectivity index is 2.75. The van der Waals surface area contributed by atoms with Crippen molar-refractivity contribution in [2.75, 3.05) is 6.54 Å². The Hall–Kier alpha value is -1.88. The summed E-state index contributed by atoms with van der Waals surface area (Å²) in [5.74, 6) is 0. The van der Waals surface area contributed by atoms with Crippen LogP contribution in [0.3, 0.4) is 0 Å². The van der Waals surface area contributed by atoms with E-state index in [4.69, 9.17) is 11.6 Å². The van der Waals surface area contributed by atoms with Gasteiger partial charge in [0.2, 0.25) is 0 Å². The van der Waals surface area contributed by atoms with Gasteiger partial charge in [0.15, 0.2) is 0 Å². The van der Waals surface area contributed by atoms with Gasteiger partial charge in [-0.05, 0) is 11.6 Å². The molecule has 0 bridgehead atoms. The second-order valence-electron chi connectivity index (χ2n) is 3.28. The molecule has 90 valence electrons. The van der Waals surface area contributed by atoms with Gasteiger partial charge >= 0.3 is 0 Å². The van der Waals surface area contributed by atoms with Crippen LogP contribution in [0.1, 0.15) is 5.56 Å².